The molecule has 0 bridgehead atoms. The van der Waals surface area contributed by atoms with Crippen LogP contribution in [0.3, 0.4) is 0 Å². The number of aromatic amines is 2. The highest BCUT2D eigenvalue weighted by Gasteiger charge is 2.17. The maximum Gasteiger partial charge on any atom is 0.202 e. The zero-order valence-corrected chi connectivity index (χ0v) is 24.7. The van der Waals surface area contributed by atoms with Gasteiger partial charge in [-0.25, -0.2) is 18.4 Å². The van der Waals surface area contributed by atoms with E-state index in [9.17, 15) is 8.42 Å². The molecule has 2 unspecified atom stereocenters. The zero-order valence-electron chi connectivity index (χ0n) is 23.1. The molecule has 0 aliphatic carbocycles. The number of nitrogens with one attached hydrogen (secondary N) is 2. The molecular weight excluding hydrogens is 557 g/mol. The number of hydrogen-bond acceptors (Lipinski definition) is 6. The van der Waals surface area contributed by atoms with Crippen molar-refractivity contribution >= 4 is 55.0 Å². The number of H-pyrrole nitrogens is 2. The third-order valence-corrected chi connectivity index (χ3v) is 9.56. The minimum absolute atomic E-state index is 0. The van der Waals surface area contributed by atoms with E-state index in [0.29, 0.717) is 31.5 Å². The van der Waals surface area contributed by atoms with Crippen LogP contribution in [0.5, 0.6) is 0 Å². The van der Waals surface area contributed by atoms with Gasteiger partial charge in [0.15, 0.2) is 0 Å². The first kappa shape index (κ1) is 29.7. The van der Waals surface area contributed by atoms with Crippen molar-refractivity contribution < 1.29 is 13.9 Å². The Morgan fingerprint density at radius 3 is 1.32 bits per heavy atom. The molecule has 4 aromatic carbocycles. The Hall–Kier alpha value is -4.32. The molecule has 0 fully saturated rings. The van der Waals surface area contributed by atoms with E-state index in [2.05, 4.69) is 19.9 Å². The van der Waals surface area contributed by atoms with Gasteiger partial charge in [-0.05, 0) is 86.3 Å². The second-order valence-electron chi connectivity index (χ2n) is 9.50. The largest absolute Gasteiger partial charge is 0.412 e. The van der Waals surface area contributed by atoms with Gasteiger partial charge in [-0.3, -0.25) is 0 Å². The zero-order chi connectivity index (χ0) is 28.6. The molecule has 0 radical (unpaired) electrons. The molecule has 9 nitrogen and oxygen atoms in total. The van der Waals surface area contributed by atoms with Crippen LogP contribution < -0.4 is 11.5 Å². The molecule has 6 aromatic rings. The van der Waals surface area contributed by atoms with Crippen molar-refractivity contribution in [2.75, 3.05) is 11.5 Å². The Morgan fingerprint density at radius 2 is 0.951 bits per heavy atom. The van der Waals surface area contributed by atoms with Crippen molar-refractivity contribution in [3.8, 4) is 0 Å². The highest BCUT2D eigenvalue weighted by atomic mass is 32.2. The molecule has 2 aromatic heterocycles. The first-order chi connectivity index (χ1) is 19.2. The van der Waals surface area contributed by atoms with Crippen molar-refractivity contribution in [3.05, 3.63) is 95.1 Å². The van der Waals surface area contributed by atoms with E-state index in [0.717, 1.165) is 44.3 Å². The number of hydrogen-bond donors (Lipinski definition) is 4. The normalized spacial score (nSPS) is 12.4. The number of imidazole rings is 2. The van der Waals surface area contributed by atoms with Crippen LogP contribution in [-0.2, 0) is 21.6 Å². The third-order valence-electron chi connectivity index (χ3n) is 6.79. The molecule has 212 valence electrons. The maximum atomic E-state index is 12.7. The summed E-state index contributed by atoms with van der Waals surface area (Å²) < 4.78 is 25.3. The summed E-state index contributed by atoms with van der Waals surface area (Å²) in [6.07, 6.45) is 0. The van der Waals surface area contributed by atoms with Crippen LogP contribution >= 0.6 is 0 Å². The highest BCUT2D eigenvalue weighted by Crippen LogP contribution is 2.26. The first-order valence-corrected chi connectivity index (χ1v) is 14.9. The minimum Gasteiger partial charge on any atom is -0.412 e. The Morgan fingerprint density at radius 1 is 0.585 bits per heavy atom. The van der Waals surface area contributed by atoms with Crippen molar-refractivity contribution in [2.45, 2.75) is 47.8 Å². The Balaban J connectivity index is 0.000000184. The standard InChI is InChI=1S/2C15H15N3OS.H2O/c2*1-9-5-3-7-12-14(9)18-15(17-12)20(19)13-8-4-6-11(16)10(13)2;/h2*3-8H,16H2,1-2H3,(H,17,18);1H2. The number of aromatic nitrogens is 4. The van der Waals surface area contributed by atoms with E-state index in [1.807, 2.05) is 88.4 Å². The number of nitrogens with zero attached hydrogens (tertiary/aromatic N) is 2. The van der Waals surface area contributed by atoms with E-state index >= 15 is 0 Å². The fourth-order valence-corrected chi connectivity index (χ4v) is 6.72. The smallest absolute Gasteiger partial charge is 0.202 e. The van der Waals surface area contributed by atoms with Crippen molar-refractivity contribution in [2.24, 2.45) is 0 Å². The molecular formula is C30H32N6O3S2. The third kappa shape index (κ3) is 5.78. The summed E-state index contributed by atoms with van der Waals surface area (Å²) in [5, 5.41) is 0.922. The van der Waals surface area contributed by atoms with Crippen LogP contribution in [0.1, 0.15) is 22.3 Å². The van der Waals surface area contributed by atoms with E-state index in [1.54, 1.807) is 12.1 Å². The van der Waals surface area contributed by atoms with Gasteiger partial charge in [-0.1, -0.05) is 36.4 Å². The summed E-state index contributed by atoms with van der Waals surface area (Å²) in [5.74, 6) is 0. The summed E-state index contributed by atoms with van der Waals surface area (Å²) in [5.41, 5.74) is 20.3. The number of anilines is 2. The SMILES string of the molecule is Cc1c(N)cccc1S(=O)c1nc2c(C)cccc2[nH]1.Cc1c(N)cccc1S(=O)c1nc2c(C)cccc2[nH]1.O. The molecule has 6 rings (SSSR count). The van der Waals surface area contributed by atoms with Gasteiger partial charge in [-0.2, -0.15) is 0 Å². The van der Waals surface area contributed by atoms with E-state index in [1.165, 1.54) is 0 Å². The lowest BCUT2D eigenvalue weighted by Gasteiger charge is -2.05. The summed E-state index contributed by atoms with van der Waals surface area (Å²) in [6.45, 7) is 7.72. The van der Waals surface area contributed by atoms with E-state index in [4.69, 9.17) is 11.5 Å². The van der Waals surface area contributed by atoms with Gasteiger partial charge < -0.3 is 26.9 Å². The Bertz CT molecular complexity index is 1790. The highest BCUT2D eigenvalue weighted by molar-refractivity contribution is 7.85. The predicted octanol–water partition coefficient (Wildman–Crippen LogP) is 5.03. The van der Waals surface area contributed by atoms with E-state index < -0.39 is 21.6 Å². The van der Waals surface area contributed by atoms with Crippen LogP contribution in [-0.4, -0.2) is 33.8 Å². The van der Waals surface area contributed by atoms with Crippen LogP contribution in [0, 0.1) is 27.7 Å². The molecule has 0 aliphatic heterocycles. The van der Waals surface area contributed by atoms with Gasteiger partial charge in [0.1, 0.15) is 21.6 Å². The number of nitrogen functional groups attached to an aromatic ring is 2. The molecule has 0 aliphatic rings. The lowest BCUT2D eigenvalue weighted by atomic mass is 10.2. The second-order valence-corrected chi connectivity index (χ2v) is 12.2. The Kier molecular flexibility index (Phi) is 8.72. The van der Waals surface area contributed by atoms with Gasteiger partial charge >= 0.3 is 0 Å². The molecule has 0 amide bonds. The molecule has 41 heavy (non-hydrogen) atoms. The van der Waals surface area contributed by atoms with Crippen LogP contribution in [0.25, 0.3) is 22.1 Å². The average Bonchev–Trinajstić information content (AvgIpc) is 3.58. The molecule has 0 spiro atoms. The number of fused-ring (bicyclic) bond motifs is 2. The first-order valence-electron chi connectivity index (χ1n) is 12.6. The van der Waals surface area contributed by atoms with Gasteiger partial charge in [0.25, 0.3) is 0 Å². The van der Waals surface area contributed by atoms with Gasteiger partial charge in [0.2, 0.25) is 10.3 Å². The topological polar surface area (TPSA) is 175 Å². The molecule has 0 saturated heterocycles. The molecule has 2 heterocycles. The number of para-hydroxylation sites is 2. The van der Waals surface area contributed by atoms with Crippen LogP contribution in [0.4, 0.5) is 11.4 Å². The molecule has 2 atom stereocenters. The molecule has 11 heteroatoms. The summed E-state index contributed by atoms with van der Waals surface area (Å²) in [4.78, 5) is 16.6. The molecule has 8 N–H and O–H groups in total. The van der Waals surface area contributed by atoms with Crippen LogP contribution in [0.2, 0.25) is 0 Å². The number of nitrogens with two attached hydrogens (primary N) is 2. The fourth-order valence-electron chi connectivity index (χ4n) is 4.35. The summed E-state index contributed by atoms with van der Waals surface area (Å²) >= 11 is 0. The lowest BCUT2D eigenvalue weighted by Crippen LogP contribution is -2.00. The Labute approximate surface area is 242 Å². The van der Waals surface area contributed by atoms with Gasteiger partial charge in [-0.15, -0.1) is 0 Å². The number of aryl methyl sites for hydroxylation is 2. The fraction of sp³-hybridized carbons (Fsp3) is 0.133. The minimum atomic E-state index is -1.36. The van der Waals surface area contributed by atoms with Crippen molar-refractivity contribution in [1.82, 2.24) is 19.9 Å². The van der Waals surface area contributed by atoms with Crippen molar-refractivity contribution in [3.63, 3.8) is 0 Å². The average molecular weight is 589 g/mol. The monoisotopic (exact) mass is 588 g/mol. The van der Waals surface area contributed by atoms with Gasteiger partial charge in [0.05, 0.1) is 31.9 Å². The van der Waals surface area contributed by atoms with Crippen LogP contribution in [0.15, 0.2) is 92.9 Å². The number of rotatable bonds is 4. The summed E-state index contributed by atoms with van der Waals surface area (Å²) in [7, 11) is -2.71. The summed E-state index contributed by atoms with van der Waals surface area (Å²) in [6, 6.07) is 22.6. The van der Waals surface area contributed by atoms with E-state index in [-0.39, 0.29) is 5.48 Å². The molecule has 0 saturated carbocycles. The quantitative estimate of drug-likeness (QED) is 0.210. The lowest BCUT2D eigenvalue weighted by molar-refractivity contribution is 0.676. The van der Waals surface area contributed by atoms with Crippen molar-refractivity contribution in [1.29, 1.82) is 0 Å². The number of benzene rings is 4. The second kappa shape index (κ2) is 12.0. The van der Waals surface area contributed by atoms with Gasteiger partial charge in [0, 0.05) is 11.4 Å². The maximum absolute atomic E-state index is 12.7. The predicted molar refractivity (Wildman–Crippen MR) is 166 cm³/mol.